The molecule has 0 amide bonds. The molecule has 0 nitrogen and oxygen atoms in total. The van der Waals surface area contributed by atoms with Gasteiger partial charge in [0.15, 0.2) is 0 Å². The topological polar surface area (TPSA) is 0 Å². The van der Waals surface area contributed by atoms with Gasteiger partial charge in [0.2, 0.25) is 0 Å². The summed E-state index contributed by atoms with van der Waals surface area (Å²) in [6.45, 7) is 15.6. The molecule has 1 fully saturated rings. The molecule has 0 bridgehead atoms. The minimum Gasteiger partial charge on any atom is -0.117 e. The molecule has 0 heterocycles. The molecule has 0 aromatic heterocycles. The van der Waals surface area contributed by atoms with Gasteiger partial charge in [-0.25, -0.2) is 0 Å². The smallest absolute Gasteiger partial charge is 0.00316 e. The van der Waals surface area contributed by atoms with Gasteiger partial charge in [-0.1, -0.05) is 33.8 Å². The van der Waals surface area contributed by atoms with E-state index in [1.807, 2.05) is 0 Å². The molecule has 0 radical (unpaired) electrons. The summed E-state index contributed by atoms with van der Waals surface area (Å²) < 4.78 is 0. The Labute approximate surface area is 88.4 Å². The first-order chi connectivity index (χ1) is 6.25. The first-order valence-electron chi connectivity index (χ1n) is 5.37. The van der Waals surface area contributed by atoms with E-state index in [1.165, 1.54) is 16.7 Å². The summed E-state index contributed by atoms with van der Waals surface area (Å²) in [5, 5.41) is 0. The number of rotatable bonds is 1. The zero-order valence-electron chi connectivity index (χ0n) is 10.6. The Morgan fingerprint density at radius 1 is 1.07 bits per heavy atom. The third-order valence-electron chi connectivity index (χ3n) is 4.09. The molecule has 0 atom stereocenters. The molecule has 0 N–H and O–H groups in total. The molecule has 0 saturated heterocycles. The van der Waals surface area contributed by atoms with Gasteiger partial charge in [0, 0.05) is 10.8 Å². The molecule has 1 aliphatic carbocycles. The maximum Gasteiger partial charge on any atom is 0.00316 e. The normalized spacial score (nSPS) is 23.1. The van der Waals surface area contributed by atoms with Crippen molar-refractivity contribution in [1.29, 1.82) is 0 Å². The zero-order chi connectivity index (χ0) is 11.1. The lowest BCUT2D eigenvalue weighted by Crippen LogP contribution is -1.95. The number of hydrogen-bond acceptors (Lipinski definition) is 0. The van der Waals surface area contributed by atoms with Crippen molar-refractivity contribution in [3.63, 3.8) is 0 Å². The van der Waals surface area contributed by atoms with Crippen LogP contribution in [0.15, 0.2) is 28.5 Å². The first kappa shape index (κ1) is 11.3. The average Bonchev–Trinajstić information content (AvgIpc) is 2.46. The van der Waals surface area contributed by atoms with Crippen molar-refractivity contribution in [2.75, 3.05) is 0 Å². The fourth-order valence-electron chi connectivity index (χ4n) is 1.85. The molecule has 0 aliphatic heterocycles. The monoisotopic (exact) mass is 190 g/mol. The molecule has 14 heavy (non-hydrogen) atoms. The summed E-state index contributed by atoms with van der Waals surface area (Å²) in [4.78, 5) is 0. The summed E-state index contributed by atoms with van der Waals surface area (Å²) in [6, 6.07) is 0. The van der Waals surface area contributed by atoms with Crippen molar-refractivity contribution in [2.45, 2.75) is 48.5 Å². The second-order valence-electron chi connectivity index (χ2n) is 5.35. The van der Waals surface area contributed by atoms with Crippen LogP contribution in [0.4, 0.5) is 0 Å². The van der Waals surface area contributed by atoms with Crippen molar-refractivity contribution in [3.05, 3.63) is 28.5 Å². The van der Waals surface area contributed by atoms with E-state index in [0.29, 0.717) is 10.8 Å². The van der Waals surface area contributed by atoms with E-state index in [-0.39, 0.29) is 0 Å². The minimum absolute atomic E-state index is 0.336. The highest BCUT2D eigenvalue weighted by molar-refractivity contribution is 5.44. The van der Waals surface area contributed by atoms with E-state index < -0.39 is 0 Å². The zero-order valence-corrected chi connectivity index (χ0v) is 10.6. The average molecular weight is 190 g/mol. The lowest BCUT2D eigenvalue weighted by atomic mass is 10.0. The van der Waals surface area contributed by atoms with Crippen LogP contribution < -0.4 is 0 Å². The van der Waals surface area contributed by atoms with Crippen molar-refractivity contribution in [3.8, 4) is 0 Å². The SMILES string of the molecule is CC=C(C)C(C)=C=C1C(C)(C)C1(C)C. The first-order valence-corrected chi connectivity index (χ1v) is 5.37. The summed E-state index contributed by atoms with van der Waals surface area (Å²) in [6.07, 6.45) is 2.14. The van der Waals surface area contributed by atoms with Gasteiger partial charge < -0.3 is 0 Å². The Hall–Kier alpha value is -0.740. The van der Waals surface area contributed by atoms with Crippen LogP contribution in [0.1, 0.15) is 48.5 Å². The van der Waals surface area contributed by atoms with Gasteiger partial charge in [0.25, 0.3) is 0 Å². The minimum atomic E-state index is 0.336. The predicted molar refractivity (Wildman–Crippen MR) is 63.2 cm³/mol. The Morgan fingerprint density at radius 2 is 1.50 bits per heavy atom. The molecule has 0 heteroatoms. The molecular weight excluding hydrogens is 168 g/mol. The molecule has 1 aliphatic rings. The third kappa shape index (κ3) is 1.48. The maximum absolute atomic E-state index is 3.55. The van der Waals surface area contributed by atoms with E-state index in [1.54, 1.807) is 0 Å². The molecule has 0 aromatic rings. The third-order valence-corrected chi connectivity index (χ3v) is 4.09. The molecule has 78 valence electrons. The molecular formula is C14H22. The Bertz CT molecular complexity index is 326. The highest BCUT2D eigenvalue weighted by Gasteiger charge is 2.60. The maximum atomic E-state index is 3.55. The van der Waals surface area contributed by atoms with Gasteiger partial charge in [0.05, 0.1) is 0 Å². The van der Waals surface area contributed by atoms with Crippen molar-refractivity contribution in [1.82, 2.24) is 0 Å². The van der Waals surface area contributed by atoms with Crippen LogP contribution in [0.25, 0.3) is 0 Å². The highest BCUT2D eigenvalue weighted by atomic mass is 14.6. The van der Waals surface area contributed by atoms with Crippen LogP contribution in [0.5, 0.6) is 0 Å². The molecule has 1 saturated carbocycles. The quantitative estimate of drug-likeness (QED) is 0.422. The molecule has 0 spiro atoms. The van der Waals surface area contributed by atoms with Gasteiger partial charge in [0.1, 0.15) is 0 Å². The Balaban J connectivity index is 3.16. The molecule has 0 aromatic carbocycles. The van der Waals surface area contributed by atoms with Gasteiger partial charge in [-0.2, -0.15) is 0 Å². The van der Waals surface area contributed by atoms with E-state index >= 15 is 0 Å². The van der Waals surface area contributed by atoms with Crippen LogP contribution in [-0.4, -0.2) is 0 Å². The standard InChI is InChI=1S/C14H22/c1-8-10(2)11(3)9-12-13(4,5)14(12,6)7/h8H,1-7H3. The largest absolute Gasteiger partial charge is 0.117 e. The van der Waals surface area contributed by atoms with E-state index in [9.17, 15) is 0 Å². The molecule has 1 rings (SSSR count). The summed E-state index contributed by atoms with van der Waals surface area (Å²) in [5.74, 6) is 0. The lowest BCUT2D eigenvalue weighted by Gasteiger charge is -2.02. The highest BCUT2D eigenvalue weighted by Crippen LogP contribution is 2.67. The molecule has 0 unspecified atom stereocenters. The lowest BCUT2D eigenvalue weighted by molar-refractivity contribution is 0.457. The van der Waals surface area contributed by atoms with Gasteiger partial charge in [-0.15, -0.1) is 5.73 Å². The van der Waals surface area contributed by atoms with Crippen molar-refractivity contribution < 1.29 is 0 Å². The van der Waals surface area contributed by atoms with E-state index in [0.717, 1.165) is 0 Å². The Kier molecular flexibility index (Phi) is 2.54. The van der Waals surface area contributed by atoms with Gasteiger partial charge in [-0.05, 0) is 37.5 Å². The van der Waals surface area contributed by atoms with Gasteiger partial charge >= 0.3 is 0 Å². The van der Waals surface area contributed by atoms with E-state index in [2.05, 4.69) is 60.3 Å². The summed E-state index contributed by atoms with van der Waals surface area (Å²) >= 11 is 0. The fraction of sp³-hybridized carbons (Fsp3) is 0.643. The van der Waals surface area contributed by atoms with Crippen LogP contribution >= 0.6 is 0 Å². The Morgan fingerprint density at radius 3 is 1.79 bits per heavy atom. The van der Waals surface area contributed by atoms with Gasteiger partial charge in [-0.3, -0.25) is 0 Å². The van der Waals surface area contributed by atoms with Crippen molar-refractivity contribution >= 4 is 0 Å². The summed E-state index contributed by atoms with van der Waals surface area (Å²) in [7, 11) is 0. The van der Waals surface area contributed by atoms with Crippen LogP contribution in [-0.2, 0) is 0 Å². The summed E-state index contributed by atoms with van der Waals surface area (Å²) in [5.41, 5.74) is 8.29. The number of hydrogen-bond donors (Lipinski definition) is 0. The van der Waals surface area contributed by atoms with Crippen molar-refractivity contribution in [2.24, 2.45) is 10.8 Å². The van der Waals surface area contributed by atoms with Crippen LogP contribution in [0, 0.1) is 10.8 Å². The second-order valence-corrected chi connectivity index (χ2v) is 5.35. The van der Waals surface area contributed by atoms with Crippen LogP contribution in [0.2, 0.25) is 0 Å². The fourth-order valence-corrected chi connectivity index (χ4v) is 1.85. The van der Waals surface area contributed by atoms with Crippen LogP contribution in [0.3, 0.4) is 0 Å². The number of allylic oxidation sites excluding steroid dienone is 3. The van der Waals surface area contributed by atoms with E-state index in [4.69, 9.17) is 0 Å². The predicted octanol–water partition coefficient (Wildman–Crippen LogP) is 4.49. The second kappa shape index (κ2) is 3.14.